The highest BCUT2D eigenvalue weighted by atomic mass is 16.4. The van der Waals surface area contributed by atoms with Gasteiger partial charge in [0.2, 0.25) is 6.08 Å². The van der Waals surface area contributed by atoms with E-state index in [4.69, 9.17) is 20.2 Å². The van der Waals surface area contributed by atoms with Crippen LogP contribution in [0, 0.1) is 10.6 Å². The topological polar surface area (TPSA) is 95.0 Å². The summed E-state index contributed by atoms with van der Waals surface area (Å²) < 4.78 is 0. The van der Waals surface area contributed by atoms with Crippen molar-refractivity contribution in [3.63, 3.8) is 0 Å². The monoisotopic (exact) mass is 102 g/mol. The van der Waals surface area contributed by atoms with Crippen molar-refractivity contribution >= 4 is 12.2 Å². The maximum atomic E-state index is 8.62. The van der Waals surface area contributed by atoms with Crippen LogP contribution in [-0.2, 0) is 9.59 Å². The lowest BCUT2D eigenvalue weighted by molar-refractivity contribution is -0.369. The molecule has 0 aromatic heterocycles. The van der Waals surface area contributed by atoms with Crippen molar-refractivity contribution < 1.29 is 14.7 Å². The summed E-state index contributed by atoms with van der Waals surface area (Å²) in [6.07, 6.45) is 1.62. The molecule has 0 amide bonds. The lowest BCUT2D eigenvalue weighted by atomic mass is 11.7. The van der Waals surface area contributed by atoms with Crippen LogP contribution in [0.5, 0.6) is 0 Å². The highest BCUT2D eigenvalue weighted by molar-refractivity contribution is 5.26. The minimum absolute atomic E-state index is 0.750. The Morgan fingerprint density at radius 2 is 1.71 bits per heavy atom. The van der Waals surface area contributed by atoms with Crippen LogP contribution in [0.15, 0.2) is 0 Å². The van der Waals surface area contributed by atoms with E-state index in [-0.39, 0.29) is 0 Å². The van der Waals surface area contributed by atoms with E-state index in [0.717, 1.165) is 17.3 Å². The highest BCUT2D eigenvalue weighted by Crippen LogP contribution is 0.868. The van der Waals surface area contributed by atoms with E-state index in [9.17, 15) is 0 Å². The second-order valence-corrected chi connectivity index (χ2v) is 0.306. The molecule has 7 heavy (non-hydrogen) atoms. The summed E-state index contributed by atoms with van der Waals surface area (Å²) in [4.78, 5) is 17.0. The Kier molecular flexibility index (Phi) is 30.9. The normalized spacial score (nSPS) is 3.43. The lowest BCUT2D eigenvalue weighted by Gasteiger charge is -1.54. The summed E-state index contributed by atoms with van der Waals surface area (Å²) in [5, 5.41) is 14.9. The Balaban J connectivity index is 0. The van der Waals surface area contributed by atoms with Gasteiger partial charge in [-0.15, -0.1) is 5.16 Å². The maximum Gasteiger partial charge on any atom is 0.435 e. The standard InChI is InChI=1S/CHNO2.CHNO/c3-1-2-4;2-1-3/h2H;2H. The molecule has 5 nitrogen and oxygen atoms in total. The van der Waals surface area contributed by atoms with Gasteiger partial charge in [-0.3, -0.25) is 0 Å². The minimum atomic E-state index is 0.750. The average molecular weight is 102 g/mol. The van der Waals surface area contributed by atoms with Gasteiger partial charge in [0.1, 0.15) is 0 Å². The summed E-state index contributed by atoms with van der Waals surface area (Å²) >= 11 is 0. The molecule has 5 heteroatoms. The number of isocyanates is 2. The van der Waals surface area contributed by atoms with E-state index in [2.05, 4.69) is 0 Å². The van der Waals surface area contributed by atoms with Crippen LogP contribution in [-0.4, -0.2) is 12.2 Å². The van der Waals surface area contributed by atoms with Crippen molar-refractivity contribution in [3.05, 3.63) is 5.21 Å². The van der Waals surface area contributed by atoms with Crippen LogP contribution in [0.4, 0.5) is 0 Å². The Morgan fingerprint density at radius 1 is 1.57 bits per heavy atom. The van der Waals surface area contributed by atoms with Gasteiger partial charge in [-0.2, -0.15) is 4.79 Å². The summed E-state index contributed by atoms with van der Waals surface area (Å²) in [7, 11) is 0. The first-order valence-corrected chi connectivity index (χ1v) is 1.11. The van der Waals surface area contributed by atoms with Crippen molar-refractivity contribution in [2.24, 2.45) is 0 Å². The van der Waals surface area contributed by atoms with E-state index in [0.29, 0.717) is 0 Å². The fourth-order valence-corrected chi connectivity index (χ4v) is 0. The Morgan fingerprint density at radius 3 is 1.71 bits per heavy atom. The van der Waals surface area contributed by atoms with Gasteiger partial charge in [0.05, 0.1) is 0 Å². The minimum Gasteiger partial charge on any atom is -0.615 e. The second-order valence-electron chi connectivity index (χ2n) is 0.306. The smallest absolute Gasteiger partial charge is 0.435 e. The average Bonchev–Trinajstić information content (AvgIpc) is 1.69. The van der Waals surface area contributed by atoms with Crippen molar-refractivity contribution in [3.8, 4) is 0 Å². The summed E-state index contributed by atoms with van der Waals surface area (Å²) in [5.41, 5.74) is 0. The number of carbonyl (C=O) groups excluding carboxylic acids is 2. The molecule has 0 aliphatic carbocycles. The third-order valence-corrected chi connectivity index (χ3v) is 0.0417. The van der Waals surface area contributed by atoms with Gasteiger partial charge in [0.25, 0.3) is 0 Å². The van der Waals surface area contributed by atoms with Gasteiger partial charge in [-0.25, -0.2) is 10.2 Å². The van der Waals surface area contributed by atoms with E-state index < -0.39 is 0 Å². The predicted molar refractivity (Wildman–Crippen MR) is 18.4 cm³/mol. The van der Waals surface area contributed by atoms with Gasteiger partial charge in [0, 0.05) is 0 Å². The van der Waals surface area contributed by atoms with E-state index in [1.54, 1.807) is 0 Å². The lowest BCUT2D eigenvalue weighted by Crippen LogP contribution is -2.57. The SMILES string of the molecule is N=C=O.O=C=[NH+][O-]. The van der Waals surface area contributed by atoms with Crippen molar-refractivity contribution in [1.29, 1.82) is 5.41 Å². The van der Waals surface area contributed by atoms with Gasteiger partial charge in [-0.05, 0) is 0 Å². The first-order valence-electron chi connectivity index (χ1n) is 1.11. The zero-order valence-corrected chi connectivity index (χ0v) is 3.22. The Hall–Kier alpha value is -1.44. The molecule has 0 bridgehead atoms. The summed E-state index contributed by atoms with van der Waals surface area (Å²) in [6, 6.07) is 0. The van der Waals surface area contributed by atoms with Gasteiger partial charge in [-0.1, -0.05) is 0 Å². The Bertz CT molecular complexity index is 97.5. The molecular formula is C2H2N2O3. The van der Waals surface area contributed by atoms with Crippen LogP contribution in [0.1, 0.15) is 0 Å². The maximum absolute atomic E-state index is 8.62. The number of rotatable bonds is 0. The van der Waals surface area contributed by atoms with E-state index in [1.807, 2.05) is 0 Å². The molecule has 38 valence electrons. The molecule has 0 unspecified atom stereocenters. The van der Waals surface area contributed by atoms with Gasteiger partial charge < -0.3 is 5.21 Å². The summed E-state index contributed by atoms with van der Waals surface area (Å²) in [5.74, 6) is 0. The molecule has 0 aliphatic rings. The van der Waals surface area contributed by atoms with Gasteiger partial charge >= 0.3 is 6.08 Å². The molecule has 0 aromatic rings. The van der Waals surface area contributed by atoms with Crippen LogP contribution < -0.4 is 5.16 Å². The molecule has 0 saturated heterocycles. The Labute approximate surface area is 38.8 Å². The fourth-order valence-electron chi connectivity index (χ4n) is 0. The van der Waals surface area contributed by atoms with Crippen LogP contribution in [0.3, 0.4) is 0 Å². The first kappa shape index (κ1) is 9.12. The quantitative estimate of drug-likeness (QED) is 0.157. The van der Waals surface area contributed by atoms with Crippen LogP contribution in [0.25, 0.3) is 0 Å². The van der Waals surface area contributed by atoms with Crippen LogP contribution >= 0.6 is 0 Å². The number of hydrogen-bond acceptors (Lipinski definition) is 4. The largest absolute Gasteiger partial charge is 0.615 e. The molecule has 2 N–H and O–H groups in total. The molecule has 0 radical (unpaired) electrons. The summed E-state index contributed by atoms with van der Waals surface area (Å²) in [6.45, 7) is 0. The second kappa shape index (κ2) is 23.7. The first-order chi connectivity index (χ1) is 3.33. The molecule has 0 fully saturated rings. The molecule has 0 aromatic carbocycles. The third-order valence-electron chi connectivity index (χ3n) is 0.0417. The highest BCUT2D eigenvalue weighted by Gasteiger charge is 1.31. The molecule has 0 rings (SSSR count). The number of hydrogen-bond donors (Lipinski definition) is 2. The van der Waals surface area contributed by atoms with Crippen molar-refractivity contribution in [2.45, 2.75) is 0 Å². The fraction of sp³-hybridized carbons (Fsp3) is 0. The third kappa shape index (κ3) is 154. The zero-order valence-electron chi connectivity index (χ0n) is 3.22. The molecule has 0 aliphatic heterocycles. The molecule has 0 saturated carbocycles. The molecule has 0 atom stereocenters. The molecule has 0 heterocycles. The molecule has 0 spiro atoms. The van der Waals surface area contributed by atoms with Crippen molar-refractivity contribution in [2.75, 3.05) is 0 Å². The van der Waals surface area contributed by atoms with Crippen molar-refractivity contribution in [1.82, 2.24) is 0 Å². The van der Waals surface area contributed by atoms with E-state index >= 15 is 0 Å². The molecular weight excluding hydrogens is 100 g/mol. The number of nitrogens with one attached hydrogen (secondary N) is 2. The van der Waals surface area contributed by atoms with Gasteiger partial charge in [0.15, 0.2) is 0 Å². The zero-order chi connectivity index (χ0) is 6.12. The van der Waals surface area contributed by atoms with E-state index in [1.165, 1.54) is 0 Å². The van der Waals surface area contributed by atoms with Crippen LogP contribution in [0.2, 0.25) is 0 Å². The predicted octanol–water partition coefficient (Wildman–Crippen LogP) is -2.20.